The van der Waals surface area contributed by atoms with Crippen LogP contribution in [0, 0.1) is 23.2 Å². The smallest absolute Gasteiger partial charge is 0.103 e. The van der Waals surface area contributed by atoms with E-state index >= 15 is 0 Å². The maximum absolute atomic E-state index is 9.20. The summed E-state index contributed by atoms with van der Waals surface area (Å²) >= 11 is 3.43. The molecule has 0 bridgehead atoms. The van der Waals surface area contributed by atoms with Crippen LogP contribution in [0.3, 0.4) is 0 Å². The van der Waals surface area contributed by atoms with Crippen LogP contribution >= 0.6 is 15.9 Å². The van der Waals surface area contributed by atoms with Crippen molar-refractivity contribution >= 4 is 21.6 Å². The molecule has 0 heterocycles. The van der Waals surface area contributed by atoms with Crippen LogP contribution in [-0.4, -0.2) is 6.04 Å². The van der Waals surface area contributed by atoms with E-state index in [1.165, 1.54) is 19.3 Å². The van der Waals surface area contributed by atoms with E-state index < -0.39 is 0 Å². The zero-order valence-corrected chi connectivity index (χ0v) is 12.5. The van der Waals surface area contributed by atoms with Crippen LogP contribution in [0.25, 0.3) is 0 Å². The van der Waals surface area contributed by atoms with E-state index in [2.05, 4.69) is 41.2 Å². The average molecular weight is 307 g/mol. The van der Waals surface area contributed by atoms with E-state index in [4.69, 9.17) is 0 Å². The van der Waals surface area contributed by atoms with Crippen molar-refractivity contribution in [2.24, 2.45) is 11.8 Å². The molecule has 0 amide bonds. The zero-order valence-electron chi connectivity index (χ0n) is 10.9. The summed E-state index contributed by atoms with van der Waals surface area (Å²) in [5.41, 5.74) is 1.67. The number of hydrogen-bond acceptors (Lipinski definition) is 2. The summed E-state index contributed by atoms with van der Waals surface area (Å²) in [6, 6.07) is 8.64. The highest BCUT2D eigenvalue weighted by atomic mass is 79.9. The van der Waals surface area contributed by atoms with Crippen molar-refractivity contribution in [3.63, 3.8) is 0 Å². The summed E-state index contributed by atoms with van der Waals surface area (Å²) in [6.45, 7) is 4.66. The van der Waals surface area contributed by atoms with Gasteiger partial charge in [-0.15, -0.1) is 0 Å². The van der Waals surface area contributed by atoms with Gasteiger partial charge in [-0.3, -0.25) is 0 Å². The molecule has 0 aromatic heterocycles. The summed E-state index contributed by atoms with van der Waals surface area (Å²) < 4.78 is 0.868. The summed E-state index contributed by atoms with van der Waals surface area (Å²) in [7, 11) is 0. The average Bonchev–Trinajstić information content (AvgIpc) is 2.34. The van der Waals surface area contributed by atoms with E-state index in [0.29, 0.717) is 11.6 Å². The molecule has 1 fully saturated rings. The molecule has 96 valence electrons. The Labute approximate surface area is 118 Å². The van der Waals surface area contributed by atoms with Crippen LogP contribution in [0.15, 0.2) is 22.7 Å². The van der Waals surface area contributed by atoms with Gasteiger partial charge < -0.3 is 5.32 Å². The highest BCUT2D eigenvalue weighted by molar-refractivity contribution is 9.10. The van der Waals surface area contributed by atoms with Crippen molar-refractivity contribution in [2.45, 2.75) is 39.2 Å². The molecule has 1 aliphatic rings. The van der Waals surface area contributed by atoms with Gasteiger partial charge in [0.1, 0.15) is 6.07 Å². The Bertz CT molecular complexity index is 464. The molecular formula is C15H19BrN2. The Balaban J connectivity index is 2.11. The number of benzene rings is 1. The Morgan fingerprint density at radius 3 is 2.72 bits per heavy atom. The van der Waals surface area contributed by atoms with Crippen molar-refractivity contribution in [1.82, 2.24) is 0 Å². The lowest BCUT2D eigenvalue weighted by atomic mass is 9.79. The number of nitrogens with one attached hydrogen (secondary N) is 1. The molecule has 2 nitrogen and oxygen atoms in total. The fourth-order valence-electron chi connectivity index (χ4n) is 2.66. The molecule has 3 heteroatoms. The normalized spacial score (nSPS) is 27.6. The summed E-state index contributed by atoms with van der Waals surface area (Å²) in [6.07, 6.45) is 3.66. The lowest BCUT2D eigenvalue weighted by Crippen LogP contribution is -2.30. The second-order valence-corrected chi connectivity index (χ2v) is 6.24. The van der Waals surface area contributed by atoms with Crippen molar-refractivity contribution < 1.29 is 0 Å². The highest BCUT2D eigenvalue weighted by Crippen LogP contribution is 2.32. The Morgan fingerprint density at radius 2 is 2.06 bits per heavy atom. The first-order valence-electron chi connectivity index (χ1n) is 6.57. The molecule has 0 aliphatic heterocycles. The molecule has 1 N–H and O–H groups in total. The molecule has 0 spiro atoms. The predicted octanol–water partition coefficient (Wildman–Crippen LogP) is 4.56. The van der Waals surface area contributed by atoms with Gasteiger partial charge in [-0.05, 0) is 59.2 Å². The molecule has 0 saturated heterocycles. The van der Waals surface area contributed by atoms with E-state index in [0.717, 1.165) is 22.0 Å². The molecule has 3 atom stereocenters. The second kappa shape index (κ2) is 5.75. The first-order chi connectivity index (χ1) is 8.61. The fraction of sp³-hybridized carbons (Fsp3) is 0.533. The summed E-state index contributed by atoms with van der Waals surface area (Å²) in [5.74, 6) is 1.58. The molecule has 0 radical (unpaired) electrons. The van der Waals surface area contributed by atoms with Crippen LogP contribution in [0.4, 0.5) is 5.69 Å². The zero-order chi connectivity index (χ0) is 13.1. The quantitative estimate of drug-likeness (QED) is 0.869. The minimum absolute atomic E-state index is 0.498. The van der Waals surface area contributed by atoms with Crippen molar-refractivity contribution in [3.8, 4) is 6.07 Å². The molecule has 2 rings (SSSR count). The van der Waals surface area contributed by atoms with Crippen molar-refractivity contribution in [1.29, 1.82) is 5.26 Å². The number of nitrogens with zero attached hydrogens (tertiary/aromatic N) is 1. The number of anilines is 1. The molecule has 1 aromatic rings. The van der Waals surface area contributed by atoms with Gasteiger partial charge in [-0.1, -0.05) is 19.9 Å². The van der Waals surface area contributed by atoms with E-state index in [1.807, 2.05) is 18.2 Å². The second-order valence-electron chi connectivity index (χ2n) is 5.38. The third-order valence-electron chi connectivity index (χ3n) is 4.08. The van der Waals surface area contributed by atoms with Crippen LogP contribution < -0.4 is 5.32 Å². The van der Waals surface area contributed by atoms with E-state index in [1.54, 1.807) is 0 Å². The SMILES string of the molecule is CC1CCC(Nc2cccc(Br)c2C#N)CC1C. The third-order valence-corrected chi connectivity index (χ3v) is 4.74. The van der Waals surface area contributed by atoms with Crippen LogP contribution in [0.2, 0.25) is 0 Å². The fourth-order valence-corrected chi connectivity index (χ4v) is 3.11. The molecule has 3 unspecified atom stereocenters. The van der Waals surface area contributed by atoms with E-state index in [-0.39, 0.29) is 0 Å². The third kappa shape index (κ3) is 2.87. The molecule has 1 saturated carbocycles. The van der Waals surface area contributed by atoms with Gasteiger partial charge in [0.15, 0.2) is 0 Å². The Morgan fingerprint density at radius 1 is 1.28 bits per heavy atom. The van der Waals surface area contributed by atoms with Gasteiger partial charge in [0.2, 0.25) is 0 Å². The largest absolute Gasteiger partial charge is 0.381 e. The van der Waals surface area contributed by atoms with Crippen molar-refractivity contribution in [2.75, 3.05) is 5.32 Å². The van der Waals surface area contributed by atoms with Gasteiger partial charge in [0.25, 0.3) is 0 Å². The number of hydrogen-bond donors (Lipinski definition) is 1. The molecule has 1 aliphatic carbocycles. The van der Waals surface area contributed by atoms with Crippen LogP contribution in [0.5, 0.6) is 0 Å². The van der Waals surface area contributed by atoms with Crippen LogP contribution in [0.1, 0.15) is 38.7 Å². The van der Waals surface area contributed by atoms with Crippen LogP contribution in [-0.2, 0) is 0 Å². The van der Waals surface area contributed by atoms with Gasteiger partial charge in [-0.25, -0.2) is 0 Å². The summed E-state index contributed by atoms with van der Waals surface area (Å²) in [4.78, 5) is 0. The Hall–Kier alpha value is -1.01. The maximum atomic E-state index is 9.20. The molecule has 18 heavy (non-hydrogen) atoms. The summed E-state index contributed by atoms with van der Waals surface area (Å²) in [5, 5.41) is 12.7. The lowest BCUT2D eigenvalue weighted by molar-refractivity contribution is 0.261. The number of halogens is 1. The van der Waals surface area contributed by atoms with Gasteiger partial charge in [-0.2, -0.15) is 5.26 Å². The number of rotatable bonds is 2. The first kappa shape index (κ1) is 13.4. The van der Waals surface area contributed by atoms with Crippen molar-refractivity contribution in [3.05, 3.63) is 28.2 Å². The topological polar surface area (TPSA) is 35.8 Å². The van der Waals surface area contributed by atoms with Gasteiger partial charge >= 0.3 is 0 Å². The monoisotopic (exact) mass is 306 g/mol. The van der Waals surface area contributed by atoms with Gasteiger partial charge in [0, 0.05) is 10.5 Å². The van der Waals surface area contributed by atoms with Gasteiger partial charge in [0.05, 0.1) is 11.3 Å². The van der Waals surface area contributed by atoms with E-state index in [9.17, 15) is 5.26 Å². The highest BCUT2D eigenvalue weighted by Gasteiger charge is 2.24. The standard InChI is InChI=1S/C15H19BrN2/c1-10-6-7-12(8-11(10)2)18-15-5-3-4-14(16)13(15)9-17/h3-5,10-12,18H,6-8H2,1-2H3. The molecular weight excluding hydrogens is 288 g/mol. The molecule has 1 aromatic carbocycles. The number of nitriles is 1. The first-order valence-corrected chi connectivity index (χ1v) is 7.36. The lowest BCUT2D eigenvalue weighted by Gasteiger charge is -2.33. The minimum Gasteiger partial charge on any atom is -0.381 e. The minimum atomic E-state index is 0.498. The maximum Gasteiger partial charge on any atom is 0.103 e. The Kier molecular flexibility index (Phi) is 4.29. The predicted molar refractivity (Wildman–Crippen MR) is 78.4 cm³/mol.